The van der Waals surface area contributed by atoms with Crippen molar-refractivity contribution in [3.05, 3.63) is 23.8 Å². The molecule has 0 aliphatic carbocycles. The molecule has 64 valence electrons. The van der Waals surface area contributed by atoms with Gasteiger partial charge in [0.15, 0.2) is 0 Å². The number of hydrogen-bond acceptors (Lipinski definition) is 3. The van der Waals surface area contributed by atoms with Crippen molar-refractivity contribution in [1.29, 1.82) is 0 Å². The van der Waals surface area contributed by atoms with Crippen molar-refractivity contribution in [2.45, 2.75) is 4.90 Å². The Balaban J connectivity index is 3.15. The molecule has 0 atom stereocenters. The molecule has 0 saturated carbocycles. The highest BCUT2D eigenvalue weighted by Gasteiger charge is 2.05. The lowest BCUT2D eigenvalue weighted by Gasteiger charge is -1.99. The zero-order valence-corrected chi connectivity index (χ0v) is 7.26. The van der Waals surface area contributed by atoms with E-state index in [9.17, 15) is 4.79 Å². The van der Waals surface area contributed by atoms with Gasteiger partial charge in [-0.25, -0.2) is 4.79 Å². The van der Waals surface area contributed by atoms with Crippen LogP contribution >= 0.6 is 11.8 Å². The first-order valence-electron chi connectivity index (χ1n) is 3.25. The molecule has 12 heavy (non-hydrogen) atoms. The zero-order valence-electron chi connectivity index (χ0n) is 6.44. The molecule has 1 aromatic carbocycles. The number of rotatable bonds is 2. The van der Waals surface area contributed by atoms with Gasteiger partial charge in [0.2, 0.25) is 0 Å². The average molecular weight is 184 g/mol. The van der Waals surface area contributed by atoms with Crippen LogP contribution in [0.25, 0.3) is 0 Å². The Hall–Kier alpha value is -1.16. The molecule has 1 aromatic rings. The van der Waals surface area contributed by atoms with Gasteiger partial charge in [-0.3, -0.25) is 0 Å². The van der Waals surface area contributed by atoms with Crippen LogP contribution in [0.15, 0.2) is 23.1 Å². The fraction of sp³-hybridized carbons (Fsp3) is 0.125. The van der Waals surface area contributed by atoms with E-state index in [4.69, 9.17) is 10.2 Å². The van der Waals surface area contributed by atoms with E-state index >= 15 is 0 Å². The molecule has 1 rings (SSSR count). The molecule has 0 unspecified atom stereocenters. The van der Waals surface area contributed by atoms with E-state index in [-0.39, 0.29) is 11.3 Å². The van der Waals surface area contributed by atoms with E-state index in [0.717, 1.165) is 4.90 Å². The largest absolute Gasteiger partial charge is 0.508 e. The van der Waals surface area contributed by atoms with Gasteiger partial charge < -0.3 is 10.2 Å². The summed E-state index contributed by atoms with van der Waals surface area (Å²) in [5.41, 5.74) is 0.111. The number of phenols is 1. The number of hydrogen-bond donors (Lipinski definition) is 2. The maximum atomic E-state index is 10.5. The first kappa shape index (κ1) is 8.93. The van der Waals surface area contributed by atoms with Crippen molar-refractivity contribution in [3.8, 4) is 5.75 Å². The van der Waals surface area contributed by atoms with E-state index in [1.165, 1.54) is 30.0 Å². The van der Waals surface area contributed by atoms with E-state index in [2.05, 4.69) is 0 Å². The van der Waals surface area contributed by atoms with Gasteiger partial charge in [0.1, 0.15) is 5.75 Å². The van der Waals surface area contributed by atoms with E-state index in [1.54, 1.807) is 0 Å². The number of carboxylic acid groups (broad SMARTS) is 1. The topological polar surface area (TPSA) is 57.5 Å². The fourth-order valence-corrected chi connectivity index (χ4v) is 1.31. The lowest BCUT2D eigenvalue weighted by Crippen LogP contribution is -1.95. The van der Waals surface area contributed by atoms with E-state index < -0.39 is 5.97 Å². The summed E-state index contributed by atoms with van der Waals surface area (Å²) in [6.07, 6.45) is 1.82. The predicted molar refractivity (Wildman–Crippen MR) is 46.8 cm³/mol. The van der Waals surface area contributed by atoms with Crippen molar-refractivity contribution in [2.24, 2.45) is 0 Å². The molecule has 2 N–H and O–H groups in total. The Kier molecular flexibility index (Phi) is 2.60. The molecule has 0 heterocycles. The predicted octanol–water partition coefficient (Wildman–Crippen LogP) is 1.81. The average Bonchev–Trinajstić information content (AvgIpc) is 2.03. The molecule has 0 bridgehead atoms. The Morgan fingerprint density at radius 1 is 1.42 bits per heavy atom. The van der Waals surface area contributed by atoms with Gasteiger partial charge in [-0.1, -0.05) is 0 Å². The molecule has 0 aliphatic rings. The molecule has 0 aromatic heterocycles. The number of thioether (sulfide) groups is 1. The fourth-order valence-electron chi connectivity index (χ4n) is 0.825. The number of carbonyl (C=O) groups is 1. The van der Waals surface area contributed by atoms with Crippen LogP contribution in [0.5, 0.6) is 5.75 Å². The van der Waals surface area contributed by atoms with Crippen LogP contribution < -0.4 is 0 Å². The maximum absolute atomic E-state index is 10.5. The molecule has 0 fully saturated rings. The van der Waals surface area contributed by atoms with Crippen molar-refractivity contribution in [1.82, 2.24) is 0 Å². The van der Waals surface area contributed by atoms with Gasteiger partial charge >= 0.3 is 5.97 Å². The minimum atomic E-state index is -1.03. The van der Waals surface area contributed by atoms with Crippen molar-refractivity contribution in [2.75, 3.05) is 6.26 Å². The second-order valence-electron chi connectivity index (χ2n) is 2.22. The Morgan fingerprint density at radius 2 is 2.08 bits per heavy atom. The van der Waals surface area contributed by atoms with Crippen molar-refractivity contribution in [3.63, 3.8) is 0 Å². The summed E-state index contributed by atoms with van der Waals surface area (Å²) in [6, 6.07) is 4.27. The minimum Gasteiger partial charge on any atom is -0.508 e. The third-order valence-corrected chi connectivity index (χ3v) is 2.08. The summed E-state index contributed by atoms with van der Waals surface area (Å²) in [5, 5.41) is 17.7. The number of benzene rings is 1. The van der Waals surface area contributed by atoms with E-state index in [0.29, 0.717) is 0 Å². The Morgan fingerprint density at radius 3 is 2.58 bits per heavy atom. The lowest BCUT2D eigenvalue weighted by molar-refractivity contribution is 0.0696. The van der Waals surface area contributed by atoms with Crippen LogP contribution in [0.3, 0.4) is 0 Å². The normalized spacial score (nSPS) is 9.75. The van der Waals surface area contributed by atoms with Gasteiger partial charge in [0, 0.05) is 4.90 Å². The molecule has 0 radical (unpaired) electrons. The van der Waals surface area contributed by atoms with Crippen LogP contribution in [0, 0.1) is 0 Å². The smallest absolute Gasteiger partial charge is 0.335 e. The summed E-state index contributed by atoms with van der Waals surface area (Å²) in [5.74, 6) is -1.04. The van der Waals surface area contributed by atoms with Gasteiger partial charge in [-0.2, -0.15) is 0 Å². The molecule has 4 heteroatoms. The van der Waals surface area contributed by atoms with Crippen LogP contribution in [0.2, 0.25) is 0 Å². The molecular formula is C8H8O3S. The molecule has 0 spiro atoms. The summed E-state index contributed by atoms with van der Waals surface area (Å²) >= 11 is 1.39. The third-order valence-electron chi connectivity index (χ3n) is 1.37. The number of aromatic carboxylic acids is 1. The minimum absolute atomic E-state index is 0.0146. The molecule has 0 saturated heterocycles. The van der Waals surface area contributed by atoms with Gasteiger partial charge in [-0.05, 0) is 24.5 Å². The SMILES string of the molecule is CSc1cc(O)cc(C(=O)O)c1. The number of aromatic hydroxyl groups is 1. The second-order valence-corrected chi connectivity index (χ2v) is 3.10. The highest BCUT2D eigenvalue weighted by Crippen LogP contribution is 2.22. The van der Waals surface area contributed by atoms with Crippen LogP contribution in [-0.4, -0.2) is 22.4 Å². The van der Waals surface area contributed by atoms with Gasteiger partial charge in [0.05, 0.1) is 5.56 Å². The highest BCUT2D eigenvalue weighted by molar-refractivity contribution is 7.98. The quantitative estimate of drug-likeness (QED) is 0.688. The molecule has 0 amide bonds. The first-order valence-corrected chi connectivity index (χ1v) is 4.47. The number of carboxylic acids is 1. The summed E-state index contributed by atoms with van der Waals surface area (Å²) in [4.78, 5) is 11.2. The standard InChI is InChI=1S/C8H8O3S/c1-12-7-3-5(8(10)11)2-6(9)4-7/h2-4,9H,1H3,(H,10,11). The van der Waals surface area contributed by atoms with E-state index in [1.807, 2.05) is 6.26 Å². The molecule has 3 nitrogen and oxygen atoms in total. The third kappa shape index (κ3) is 1.92. The Bertz CT molecular complexity index is 309. The molecular weight excluding hydrogens is 176 g/mol. The Labute approximate surface area is 74.0 Å². The maximum Gasteiger partial charge on any atom is 0.335 e. The van der Waals surface area contributed by atoms with Crippen LogP contribution in [0.1, 0.15) is 10.4 Å². The second kappa shape index (κ2) is 3.49. The molecule has 0 aliphatic heterocycles. The highest BCUT2D eigenvalue weighted by atomic mass is 32.2. The number of phenolic OH excluding ortho intramolecular Hbond substituents is 1. The first-order chi connectivity index (χ1) is 5.63. The van der Waals surface area contributed by atoms with Crippen molar-refractivity contribution < 1.29 is 15.0 Å². The lowest BCUT2D eigenvalue weighted by atomic mass is 10.2. The zero-order chi connectivity index (χ0) is 9.14. The van der Waals surface area contributed by atoms with Crippen LogP contribution in [-0.2, 0) is 0 Å². The van der Waals surface area contributed by atoms with Crippen LogP contribution in [0.4, 0.5) is 0 Å². The van der Waals surface area contributed by atoms with Gasteiger partial charge in [0.25, 0.3) is 0 Å². The summed E-state index contributed by atoms with van der Waals surface area (Å²) in [6.45, 7) is 0. The summed E-state index contributed by atoms with van der Waals surface area (Å²) < 4.78 is 0. The van der Waals surface area contributed by atoms with Gasteiger partial charge in [-0.15, -0.1) is 11.8 Å². The monoisotopic (exact) mass is 184 g/mol. The van der Waals surface area contributed by atoms with Crippen molar-refractivity contribution >= 4 is 17.7 Å². The summed E-state index contributed by atoms with van der Waals surface area (Å²) in [7, 11) is 0.